The number of aromatic nitrogens is 2. The summed E-state index contributed by atoms with van der Waals surface area (Å²) in [7, 11) is 0. The number of amides is 2. The molecule has 10 nitrogen and oxygen atoms in total. The highest BCUT2D eigenvalue weighted by Crippen LogP contribution is 2.17. The van der Waals surface area contributed by atoms with E-state index in [1.54, 1.807) is 5.48 Å². The Hall–Kier alpha value is -3.34. The Bertz CT molecular complexity index is 955. The van der Waals surface area contributed by atoms with Gasteiger partial charge in [0.05, 0.1) is 18.8 Å². The molecule has 4 rings (SSSR count). The number of nitrogens with zero attached hydrogens (tertiary/aromatic N) is 5. The van der Waals surface area contributed by atoms with Crippen LogP contribution in [-0.4, -0.2) is 95.3 Å². The molecule has 0 radical (unpaired) electrons. The standard InChI is InChI=1S/C23H28N6O4/c30-21(26-32)19-16-24-23(25-17-19)29-10-8-27(9-11-29)20(7-6-18-4-2-1-3-5-18)22(31)28-12-14-33-15-13-28/h1-7,16-17,20,32H,8-15H2,(H,26,30)/b7-6+. The van der Waals surface area contributed by atoms with Crippen molar-refractivity contribution in [2.75, 3.05) is 57.4 Å². The van der Waals surface area contributed by atoms with Gasteiger partial charge in [0, 0.05) is 51.7 Å². The molecule has 10 heteroatoms. The van der Waals surface area contributed by atoms with E-state index in [-0.39, 0.29) is 17.5 Å². The zero-order valence-corrected chi connectivity index (χ0v) is 18.3. The molecule has 1 aromatic carbocycles. The van der Waals surface area contributed by atoms with E-state index in [1.165, 1.54) is 12.4 Å². The van der Waals surface area contributed by atoms with E-state index in [9.17, 15) is 9.59 Å². The summed E-state index contributed by atoms with van der Waals surface area (Å²) >= 11 is 0. The van der Waals surface area contributed by atoms with Crippen LogP contribution < -0.4 is 10.4 Å². The highest BCUT2D eigenvalue weighted by Gasteiger charge is 2.31. The van der Waals surface area contributed by atoms with Crippen molar-refractivity contribution in [3.8, 4) is 0 Å². The molecule has 1 aromatic heterocycles. The van der Waals surface area contributed by atoms with E-state index in [4.69, 9.17) is 9.94 Å². The molecule has 1 unspecified atom stereocenters. The minimum Gasteiger partial charge on any atom is -0.378 e. The van der Waals surface area contributed by atoms with Crippen LogP contribution in [-0.2, 0) is 9.53 Å². The van der Waals surface area contributed by atoms with Crippen molar-refractivity contribution in [3.63, 3.8) is 0 Å². The van der Waals surface area contributed by atoms with Gasteiger partial charge in [0.25, 0.3) is 5.91 Å². The highest BCUT2D eigenvalue weighted by atomic mass is 16.5. The summed E-state index contributed by atoms with van der Waals surface area (Å²) in [5.74, 6) is -0.0457. The first-order valence-corrected chi connectivity index (χ1v) is 11.0. The molecule has 0 aliphatic carbocycles. The van der Waals surface area contributed by atoms with Gasteiger partial charge in [-0.1, -0.05) is 42.5 Å². The lowest BCUT2D eigenvalue weighted by atomic mass is 10.1. The van der Waals surface area contributed by atoms with Gasteiger partial charge in [-0.2, -0.15) is 0 Å². The third-order valence-electron chi connectivity index (χ3n) is 5.84. The van der Waals surface area contributed by atoms with Crippen LogP contribution in [0.3, 0.4) is 0 Å². The molecule has 2 aromatic rings. The first-order chi connectivity index (χ1) is 16.2. The third-order valence-corrected chi connectivity index (χ3v) is 5.84. The molecule has 3 heterocycles. The number of rotatable bonds is 6. The van der Waals surface area contributed by atoms with Gasteiger partial charge in [0.2, 0.25) is 11.9 Å². The van der Waals surface area contributed by atoms with Crippen LogP contribution in [0.5, 0.6) is 0 Å². The molecule has 2 N–H and O–H groups in total. The van der Waals surface area contributed by atoms with E-state index in [0.29, 0.717) is 58.4 Å². The maximum Gasteiger partial charge on any atom is 0.277 e. The van der Waals surface area contributed by atoms with E-state index in [1.807, 2.05) is 52.3 Å². The second kappa shape index (κ2) is 11.0. The lowest BCUT2D eigenvalue weighted by Gasteiger charge is -2.39. The average molecular weight is 453 g/mol. The Labute approximate surface area is 192 Å². The second-order valence-electron chi connectivity index (χ2n) is 7.89. The van der Waals surface area contributed by atoms with Crippen LogP contribution in [0.2, 0.25) is 0 Å². The van der Waals surface area contributed by atoms with Gasteiger partial charge in [-0.3, -0.25) is 19.7 Å². The van der Waals surface area contributed by atoms with Crippen molar-refractivity contribution in [1.29, 1.82) is 0 Å². The van der Waals surface area contributed by atoms with Gasteiger partial charge in [0.15, 0.2) is 0 Å². The fourth-order valence-corrected chi connectivity index (χ4v) is 3.96. The van der Waals surface area contributed by atoms with E-state index >= 15 is 0 Å². The van der Waals surface area contributed by atoms with Gasteiger partial charge in [0.1, 0.15) is 6.04 Å². The maximum absolute atomic E-state index is 13.4. The van der Waals surface area contributed by atoms with Gasteiger partial charge >= 0.3 is 0 Å². The van der Waals surface area contributed by atoms with Crippen LogP contribution >= 0.6 is 0 Å². The lowest BCUT2D eigenvalue weighted by Crippen LogP contribution is -2.56. The van der Waals surface area contributed by atoms with Crippen LogP contribution in [0.4, 0.5) is 5.95 Å². The Morgan fingerprint density at radius 3 is 2.30 bits per heavy atom. The number of benzene rings is 1. The molecule has 174 valence electrons. The van der Waals surface area contributed by atoms with E-state index < -0.39 is 5.91 Å². The summed E-state index contributed by atoms with van der Waals surface area (Å²) in [4.78, 5) is 39.4. The molecule has 0 spiro atoms. The summed E-state index contributed by atoms with van der Waals surface area (Å²) in [6, 6.07) is 9.60. The molecule has 2 fully saturated rings. The molecule has 2 amide bonds. The van der Waals surface area contributed by atoms with E-state index in [2.05, 4.69) is 14.9 Å². The fraction of sp³-hybridized carbons (Fsp3) is 0.391. The zero-order valence-electron chi connectivity index (χ0n) is 18.3. The Balaban J connectivity index is 1.44. The largest absolute Gasteiger partial charge is 0.378 e. The minimum atomic E-state index is -0.652. The number of hydroxylamine groups is 1. The number of carbonyl (C=O) groups excluding carboxylic acids is 2. The summed E-state index contributed by atoms with van der Waals surface area (Å²) < 4.78 is 5.41. The number of morpholine rings is 1. The van der Waals surface area contributed by atoms with Crippen LogP contribution in [0.25, 0.3) is 6.08 Å². The molecular formula is C23H28N6O4. The normalized spacial score (nSPS) is 18.3. The molecular weight excluding hydrogens is 424 g/mol. The van der Waals surface area contributed by atoms with Crippen LogP contribution in [0.15, 0.2) is 48.8 Å². The Morgan fingerprint density at radius 2 is 1.67 bits per heavy atom. The number of anilines is 1. The number of ether oxygens (including phenoxy) is 1. The molecule has 0 bridgehead atoms. The smallest absolute Gasteiger partial charge is 0.277 e. The molecule has 33 heavy (non-hydrogen) atoms. The van der Waals surface area contributed by atoms with Crippen molar-refractivity contribution in [1.82, 2.24) is 25.2 Å². The molecule has 0 saturated carbocycles. The van der Waals surface area contributed by atoms with Gasteiger partial charge in [-0.15, -0.1) is 0 Å². The summed E-state index contributed by atoms with van der Waals surface area (Å²) in [6.07, 6.45) is 6.76. The molecule has 2 saturated heterocycles. The van der Waals surface area contributed by atoms with Crippen molar-refractivity contribution >= 4 is 23.8 Å². The Morgan fingerprint density at radius 1 is 1.00 bits per heavy atom. The molecule has 1 atom stereocenters. The number of piperazine rings is 1. The number of hydrogen-bond acceptors (Lipinski definition) is 8. The first kappa shape index (κ1) is 22.8. The predicted molar refractivity (Wildman–Crippen MR) is 122 cm³/mol. The third kappa shape index (κ3) is 5.72. The maximum atomic E-state index is 13.4. The van der Waals surface area contributed by atoms with Crippen molar-refractivity contribution < 1.29 is 19.5 Å². The van der Waals surface area contributed by atoms with Crippen LogP contribution in [0.1, 0.15) is 15.9 Å². The minimum absolute atomic E-state index is 0.0922. The molecule has 2 aliphatic heterocycles. The Kier molecular flexibility index (Phi) is 7.61. The summed E-state index contributed by atoms with van der Waals surface area (Å²) in [5.41, 5.74) is 2.81. The van der Waals surface area contributed by atoms with Crippen molar-refractivity contribution in [3.05, 3.63) is 59.9 Å². The van der Waals surface area contributed by atoms with Crippen molar-refractivity contribution in [2.45, 2.75) is 6.04 Å². The van der Waals surface area contributed by atoms with Crippen LogP contribution in [0, 0.1) is 0 Å². The lowest BCUT2D eigenvalue weighted by molar-refractivity contribution is -0.139. The topological polar surface area (TPSA) is 111 Å². The SMILES string of the molecule is O=C(NO)c1cnc(N2CCN(C(/C=C/c3ccccc3)C(=O)N3CCOCC3)CC2)nc1. The quantitative estimate of drug-likeness (QED) is 0.486. The van der Waals surface area contributed by atoms with Gasteiger partial charge in [-0.05, 0) is 5.56 Å². The number of nitrogens with one attached hydrogen (secondary N) is 1. The number of hydrogen-bond donors (Lipinski definition) is 2. The molecule has 2 aliphatic rings. The monoisotopic (exact) mass is 452 g/mol. The average Bonchev–Trinajstić information content (AvgIpc) is 2.90. The highest BCUT2D eigenvalue weighted by molar-refractivity contribution is 5.92. The van der Waals surface area contributed by atoms with Gasteiger partial charge < -0.3 is 14.5 Å². The van der Waals surface area contributed by atoms with E-state index in [0.717, 1.165) is 5.56 Å². The summed E-state index contributed by atoms with van der Waals surface area (Å²) in [5, 5.41) is 8.73. The fourth-order valence-electron chi connectivity index (χ4n) is 3.96. The summed E-state index contributed by atoms with van der Waals surface area (Å²) in [6.45, 7) is 4.98. The van der Waals surface area contributed by atoms with Gasteiger partial charge in [-0.25, -0.2) is 15.4 Å². The second-order valence-corrected chi connectivity index (χ2v) is 7.89. The number of carbonyl (C=O) groups is 2. The van der Waals surface area contributed by atoms with Crippen molar-refractivity contribution in [2.24, 2.45) is 0 Å². The predicted octanol–water partition coefficient (Wildman–Crippen LogP) is 0.658. The zero-order chi connectivity index (χ0) is 23.0. The first-order valence-electron chi connectivity index (χ1n) is 11.0.